The average Bonchev–Trinajstić information content (AvgIpc) is 2.73. The molecular weight excluding hydrogens is 338 g/mol. The predicted octanol–water partition coefficient (Wildman–Crippen LogP) is 3.85. The number of hydrogen-bond acceptors (Lipinski definition) is 3. The number of methoxy groups -OCH3 is 1. The number of Topliss-reactive ketones (excluding diaryl/α,β-unsaturated/α-hetero) is 1. The van der Waals surface area contributed by atoms with Crippen molar-refractivity contribution in [3.8, 4) is 5.75 Å². The van der Waals surface area contributed by atoms with Crippen molar-refractivity contribution in [1.82, 2.24) is 4.90 Å². The van der Waals surface area contributed by atoms with Gasteiger partial charge in [-0.25, -0.2) is 0 Å². The lowest BCUT2D eigenvalue weighted by Crippen LogP contribution is -2.54. The van der Waals surface area contributed by atoms with Crippen LogP contribution in [0.3, 0.4) is 0 Å². The first kappa shape index (κ1) is 17.8. The molecule has 4 rings (SSSR count). The molecule has 0 radical (unpaired) electrons. The van der Waals surface area contributed by atoms with Crippen molar-refractivity contribution in [1.29, 1.82) is 0 Å². The first-order chi connectivity index (χ1) is 13.1. The molecule has 0 N–H and O–H groups in total. The Morgan fingerprint density at radius 2 is 1.96 bits per heavy atom. The lowest BCUT2D eigenvalue weighted by molar-refractivity contribution is -0.124. The van der Waals surface area contributed by atoms with Gasteiger partial charge in [0.15, 0.2) is 0 Å². The Morgan fingerprint density at radius 3 is 2.74 bits per heavy atom. The number of ether oxygens (including phenoxy) is 1. The second-order valence-electron chi connectivity index (χ2n) is 7.71. The third-order valence-corrected chi connectivity index (χ3v) is 6.29. The SMILES string of the molecule is COc1cccc(C23CCN(C(=O)c4ccccc4)CC2CCC(=O)C3)c1. The van der Waals surface area contributed by atoms with E-state index in [0.717, 1.165) is 24.2 Å². The van der Waals surface area contributed by atoms with Gasteiger partial charge in [0.25, 0.3) is 5.91 Å². The van der Waals surface area contributed by atoms with Crippen LogP contribution >= 0.6 is 0 Å². The van der Waals surface area contributed by atoms with E-state index in [9.17, 15) is 9.59 Å². The van der Waals surface area contributed by atoms with E-state index in [1.165, 1.54) is 5.56 Å². The number of ketones is 1. The van der Waals surface area contributed by atoms with Gasteiger partial charge in [0.05, 0.1) is 7.11 Å². The number of rotatable bonds is 3. The van der Waals surface area contributed by atoms with Crippen LogP contribution in [-0.2, 0) is 10.2 Å². The summed E-state index contributed by atoms with van der Waals surface area (Å²) in [4.78, 5) is 27.3. The number of likely N-dealkylation sites (tertiary alicyclic amines) is 1. The number of benzene rings is 2. The molecule has 0 bridgehead atoms. The van der Waals surface area contributed by atoms with Gasteiger partial charge >= 0.3 is 0 Å². The van der Waals surface area contributed by atoms with Gasteiger partial charge < -0.3 is 9.64 Å². The quantitative estimate of drug-likeness (QED) is 0.832. The minimum atomic E-state index is -0.183. The third-order valence-electron chi connectivity index (χ3n) is 6.29. The average molecular weight is 363 g/mol. The Balaban J connectivity index is 1.63. The van der Waals surface area contributed by atoms with Gasteiger partial charge in [0, 0.05) is 36.9 Å². The van der Waals surface area contributed by atoms with E-state index in [0.29, 0.717) is 37.6 Å². The molecule has 2 aliphatic rings. The summed E-state index contributed by atoms with van der Waals surface area (Å²) in [5.74, 6) is 1.54. The van der Waals surface area contributed by atoms with E-state index >= 15 is 0 Å². The van der Waals surface area contributed by atoms with Gasteiger partial charge in [-0.15, -0.1) is 0 Å². The Morgan fingerprint density at radius 1 is 1.15 bits per heavy atom. The van der Waals surface area contributed by atoms with Crippen molar-refractivity contribution in [2.45, 2.75) is 31.1 Å². The lowest BCUT2D eigenvalue weighted by atomic mass is 9.59. The van der Waals surface area contributed by atoms with Crippen molar-refractivity contribution in [3.05, 3.63) is 65.7 Å². The molecule has 1 aliphatic heterocycles. The smallest absolute Gasteiger partial charge is 0.253 e. The van der Waals surface area contributed by atoms with Gasteiger partial charge in [-0.1, -0.05) is 30.3 Å². The summed E-state index contributed by atoms with van der Waals surface area (Å²) in [6.45, 7) is 1.38. The zero-order valence-electron chi connectivity index (χ0n) is 15.7. The maximum Gasteiger partial charge on any atom is 0.253 e. The van der Waals surface area contributed by atoms with Gasteiger partial charge in [0.2, 0.25) is 0 Å². The number of carbonyl (C=O) groups is 2. The number of amides is 1. The van der Waals surface area contributed by atoms with E-state index in [-0.39, 0.29) is 11.3 Å². The fourth-order valence-electron chi connectivity index (χ4n) is 4.81. The first-order valence-electron chi connectivity index (χ1n) is 9.63. The Hall–Kier alpha value is -2.62. The molecule has 27 heavy (non-hydrogen) atoms. The molecule has 140 valence electrons. The van der Waals surface area contributed by atoms with Crippen LogP contribution in [0.5, 0.6) is 5.75 Å². The van der Waals surface area contributed by atoms with Crippen LogP contribution in [0.15, 0.2) is 54.6 Å². The van der Waals surface area contributed by atoms with E-state index in [1.807, 2.05) is 47.4 Å². The zero-order chi connectivity index (χ0) is 18.9. The minimum absolute atomic E-state index is 0.0896. The molecule has 1 amide bonds. The summed E-state index contributed by atoms with van der Waals surface area (Å²) in [7, 11) is 1.67. The maximum absolute atomic E-state index is 12.9. The molecule has 1 heterocycles. The molecule has 1 saturated carbocycles. The van der Waals surface area contributed by atoms with Crippen molar-refractivity contribution >= 4 is 11.7 Å². The van der Waals surface area contributed by atoms with E-state index in [1.54, 1.807) is 7.11 Å². The van der Waals surface area contributed by atoms with Crippen LogP contribution in [0.25, 0.3) is 0 Å². The number of nitrogens with zero attached hydrogens (tertiary/aromatic N) is 1. The molecule has 4 heteroatoms. The van der Waals surface area contributed by atoms with Gasteiger partial charge in [-0.3, -0.25) is 9.59 Å². The van der Waals surface area contributed by atoms with Crippen LogP contribution < -0.4 is 4.74 Å². The highest BCUT2D eigenvalue weighted by molar-refractivity contribution is 5.94. The fraction of sp³-hybridized carbons (Fsp3) is 0.391. The van der Waals surface area contributed by atoms with Crippen LogP contribution in [0.2, 0.25) is 0 Å². The number of piperidine rings is 1. The zero-order valence-corrected chi connectivity index (χ0v) is 15.7. The van der Waals surface area contributed by atoms with Crippen molar-refractivity contribution in [2.24, 2.45) is 5.92 Å². The fourth-order valence-corrected chi connectivity index (χ4v) is 4.81. The highest BCUT2D eigenvalue weighted by Gasteiger charge is 2.48. The minimum Gasteiger partial charge on any atom is -0.497 e. The van der Waals surface area contributed by atoms with E-state index < -0.39 is 0 Å². The topological polar surface area (TPSA) is 46.6 Å². The maximum atomic E-state index is 12.9. The normalized spacial score (nSPS) is 25.0. The Labute approximate surface area is 160 Å². The van der Waals surface area contributed by atoms with Crippen molar-refractivity contribution < 1.29 is 14.3 Å². The standard InChI is InChI=1S/C23H25NO3/c1-27-21-9-5-8-18(14-21)23-12-13-24(16-19(23)10-11-20(25)15-23)22(26)17-6-3-2-4-7-17/h2-9,14,19H,10-13,15-16H2,1H3. The molecule has 2 atom stereocenters. The Bertz CT molecular complexity index is 848. The van der Waals surface area contributed by atoms with Crippen molar-refractivity contribution in [2.75, 3.05) is 20.2 Å². The second kappa shape index (κ2) is 7.18. The molecule has 1 saturated heterocycles. The molecule has 1 aliphatic carbocycles. The highest BCUT2D eigenvalue weighted by Crippen LogP contribution is 2.48. The monoisotopic (exact) mass is 363 g/mol. The molecule has 4 nitrogen and oxygen atoms in total. The lowest BCUT2D eigenvalue weighted by Gasteiger charge is -2.50. The molecule has 2 unspecified atom stereocenters. The second-order valence-corrected chi connectivity index (χ2v) is 7.71. The summed E-state index contributed by atoms with van der Waals surface area (Å²) in [5.41, 5.74) is 1.72. The highest BCUT2D eigenvalue weighted by atomic mass is 16.5. The molecule has 0 spiro atoms. The van der Waals surface area contributed by atoms with Gasteiger partial charge in [-0.2, -0.15) is 0 Å². The third kappa shape index (κ3) is 3.25. The molecule has 2 aromatic rings. The van der Waals surface area contributed by atoms with Crippen molar-refractivity contribution in [3.63, 3.8) is 0 Å². The van der Waals surface area contributed by atoms with Crippen LogP contribution in [-0.4, -0.2) is 36.8 Å². The first-order valence-corrected chi connectivity index (χ1v) is 9.63. The summed E-state index contributed by atoms with van der Waals surface area (Å²) in [6, 6.07) is 17.6. The summed E-state index contributed by atoms with van der Waals surface area (Å²) >= 11 is 0. The van der Waals surface area contributed by atoms with Crippen LogP contribution in [0.1, 0.15) is 41.6 Å². The molecule has 2 fully saturated rings. The van der Waals surface area contributed by atoms with E-state index in [2.05, 4.69) is 12.1 Å². The van der Waals surface area contributed by atoms with Crippen LogP contribution in [0.4, 0.5) is 0 Å². The largest absolute Gasteiger partial charge is 0.497 e. The molecular formula is C23H25NO3. The van der Waals surface area contributed by atoms with Crippen LogP contribution in [0, 0.1) is 5.92 Å². The Kier molecular flexibility index (Phi) is 4.73. The molecule has 0 aromatic heterocycles. The molecule has 2 aromatic carbocycles. The predicted molar refractivity (Wildman–Crippen MR) is 104 cm³/mol. The summed E-state index contributed by atoms with van der Waals surface area (Å²) in [5, 5.41) is 0. The van der Waals surface area contributed by atoms with E-state index in [4.69, 9.17) is 4.74 Å². The number of carbonyl (C=O) groups excluding carboxylic acids is 2. The summed E-state index contributed by atoms with van der Waals surface area (Å²) < 4.78 is 5.42. The number of fused-ring (bicyclic) bond motifs is 1. The van der Waals surface area contributed by atoms with Gasteiger partial charge in [-0.05, 0) is 48.6 Å². The summed E-state index contributed by atoms with van der Waals surface area (Å²) in [6.07, 6.45) is 2.84. The van der Waals surface area contributed by atoms with Gasteiger partial charge in [0.1, 0.15) is 11.5 Å². The number of hydrogen-bond donors (Lipinski definition) is 0.